The quantitative estimate of drug-likeness (QED) is 0.448. The summed E-state index contributed by atoms with van der Waals surface area (Å²) in [6.07, 6.45) is 8.97. The van der Waals surface area contributed by atoms with Gasteiger partial charge >= 0.3 is 0 Å². The molecular formula is C23H22N8O. The summed E-state index contributed by atoms with van der Waals surface area (Å²) in [5.74, 6) is 1.34. The highest BCUT2D eigenvalue weighted by atomic mass is 16.5. The third kappa shape index (κ3) is 3.13. The molecular weight excluding hydrogens is 404 g/mol. The van der Waals surface area contributed by atoms with Crippen molar-refractivity contribution < 1.29 is 4.74 Å². The lowest BCUT2D eigenvalue weighted by Gasteiger charge is -2.28. The highest BCUT2D eigenvalue weighted by molar-refractivity contribution is 5.93. The average molecular weight is 426 g/mol. The summed E-state index contributed by atoms with van der Waals surface area (Å²) in [7, 11) is 1.62. The van der Waals surface area contributed by atoms with Crippen LogP contribution in [0.15, 0.2) is 42.9 Å². The highest BCUT2D eigenvalue weighted by Crippen LogP contribution is 2.31. The number of methoxy groups -OCH3 is 1. The average Bonchev–Trinajstić information content (AvgIpc) is 3.48. The summed E-state index contributed by atoms with van der Waals surface area (Å²) >= 11 is 0. The molecule has 0 unspecified atom stereocenters. The number of imidazole rings is 1. The normalized spacial score (nSPS) is 14.3. The number of nitrogens with zero attached hydrogens (tertiary/aromatic N) is 6. The summed E-state index contributed by atoms with van der Waals surface area (Å²) in [6, 6.07) is 7.87. The van der Waals surface area contributed by atoms with E-state index in [0.717, 1.165) is 52.2 Å². The van der Waals surface area contributed by atoms with Crippen LogP contribution in [0, 0.1) is 0 Å². The topological polar surface area (TPSA) is 108 Å². The Kier molecular flexibility index (Phi) is 4.45. The predicted molar refractivity (Wildman–Crippen MR) is 123 cm³/mol. The molecule has 1 aliphatic heterocycles. The first-order valence-electron chi connectivity index (χ1n) is 10.7. The van der Waals surface area contributed by atoms with Crippen LogP contribution in [0.1, 0.15) is 19.3 Å². The van der Waals surface area contributed by atoms with E-state index in [-0.39, 0.29) is 0 Å². The van der Waals surface area contributed by atoms with Gasteiger partial charge in [-0.25, -0.2) is 15.0 Å². The third-order valence-electron chi connectivity index (χ3n) is 5.94. The van der Waals surface area contributed by atoms with Gasteiger partial charge in [0, 0.05) is 31.0 Å². The summed E-state index contributed by atoms with van der Waals surface area (Å²) in [5, 5.41) is 7.58. The number of pyridine rings is 3. The number of aromatic amines is 2. The van der Waals surface area contributed by atoms with E-state index in [9.17, 15) is 0 Å². The molecule has 2 N–H and O–H groups in total. The van der Waals surface area contributed by atoms with E-state index in [4.69, 9.17) is 14.7 Å². The Bertz CT molecular complexity index is 1420. The first-order chi connectivity index (χ1) is 15.8. The molecule has 0 bridgehead atoms. The van der Waals surface area contributed by atoms with Gasteiger partial charge in [0.1, 0.15) is 16.8 Å². The van der Waals surface area contributed by atoms with Crippen LogP contribution in [0.4, 0.5) is 5.69 Å². The van der Waals surface area contributed by atoms with Gasteiger partial charge in [0.05, 0.1) is 30.2 Å². The van der Waals surface area contributed by atoms with Crippen molar-refractivity contribution >= 4 is 27.9 Å². The Labute approximate surface area is 183 Å². The molecule has 1 saturated heterocycles. The monoisotopic (exact) mass is 426 g/mol. The Morgan fingerprint density at radius 2 is 1.91 bits per heavy atom. The molecule has 9 heteroatoms. The van der Waals surface area contributed by atoms with Crippen molar-refractivity contribution in [3.05, 3.63) is 42.9 Å². The molecule has 0 saturated carbocycles. The van der Waals surface area contributed by atoms with Gasteiger partial charge < -0.3 is 14.6 Å². The number of rotatable bonds is 4. The minimum atomic E-state index is 0.650. The van der Waals surface area contributed by atoms with E-state index in [0.29, 0.717) is 17.3 Å². The largest absolute Gasteiger partial charge is 0.495 e. The second kappa shape index (κ2) is 7.60. The maximum absolute atomic E-state index is 5.30. The minimum absolute atomic E-state index is 0.650. The molecule has 1 fully saturated rings. The zero-order valence-corrected chi connectivity index (χ0v) is 17.7. The molecule has 6 rings (SSSR count). The SMILES string of the molecule is COc1cncc(-c2ccc3[nH]nc(-c4nc5c(N6CCCCC6)ccnc5[nH]4)c3n2)c1. The van der Waals surface area contributed by atoms with Crippen LogP contribution in [-0.4, -0.2) is 55.3 Å². The molecule has 0 spiro atoms. The Hall–Kier alpha value is -4.01. The third-order valence-corrected chi connectivity index (χ3v) is 5.94. The van der Waals surface area contributed by atoms with Gasteiger partial charge in [-0.15, -0.1) is 0 Å². The fourth-order valence-electron chi connectivity index (χ4n) is 4.29. The standard InChI is InChI=1S/C23H22N8O/c1-32-15-11-14(12-24-13-15)16-5-6-17-19(26-16)21(30-29-17)23-27-20-18(7-8-25-22(20)28-23)31-9-3-2-4-10-31/h5-8,11-13H,2-4,9-10H2,1H3,(H,29,30)(H,25,27,28). The number of piperidine rings is 1. The number of aromatic nitrogens is 7. The van der Waals surface area contributed by atoms with Gasteiger partial charge in [-0.1, -0.05) is 0 Å². The van der Waals surface area contributed by atoms with Crippen molar-refractivity contribution in [1.82, 2.24) is 35.1 Å². The molecule has 1 aliphatic rings. The van der Waals surface area contributed by atoms with Crippen LogP contribution in [0.5, 0.6) is 5.75 Å². The lowest BCUT2D eigenvalue weighted by Crippen LogP contribution is -2.29. The van der Waals surface area contributed by atoms with Crippen LogP contribution in [0.2, 0.25) is 0 Å². The smallest absolute Gasteiger partial charge is 0.162 e. The molecule has 5 aromatic heterocycles. The van der Waals surface area contributed by atoms with Gasteiger partial charge in [-0.3, -0.25) is 10.1 Å². The molecule has 160 valence electrons. The highest BCUT2D eigenvalue weighted by Gasteiger charge is 2.20. The van der Waals surface area contributed by atoms with Crippen LogP contribution in [0.3, 0.4) is 0 Å². The molecule has 6 heterocycles. The number of anilines is 1. The Morgan fingerprint density at radius 1 is 1.00 bits per heavy atom. The maximum atomic E-state index is 5.30. The molecule has 9 nitrogen and oxygen atoms in total. The molecule has 32 heavy (non-hydrogen) atoms. The predicted octanol–water partition coefficient (Wildman–Crippen LogP) is 3.96. The van der Waals surface area contributed by atoms with E-state index >= 15 is 0 Å². The van der Waals surface area contributed by atoms with Crippen molar-refractivity contribution in [2.24, 2.45) is 0 Å². The van der Waals surface area contributed by atoms with Crippen molar-refractivity contribution in [3.63, 3.8) is 0 Å². The first kappa shape index (κ1) is 18.7. The van der Waals surface area contributed by atoms with Crippen LogP contribution >= 0.6 is 0 Å². The van der Waals surface area contributed by atoms with Crippen molar-refractivity contribution in [2.75, 3.05) is 25.1 Å². The van der Waals surface area contributed by atoms with E-state index < -0.39 is 0 Å². The second-order valence-electron chi connectivity index (χ2n) is 7.94. The summed E-state index contributed by atoms with van der Waals surface area (Å²) in [6.45, 7) is 2.10. The fraction of sp³-hybridized carbons (Fsp3) is 0.261. The van der Waals surface area contributed by atoms with Crippen molar-refractivity contribution in [1.29, 1.82) is 0 Å². The van der Waals surface area contributed by atoms with E-state index in [1.165, 1.54) is 19.3 Å². The number of hydrogen-bond donors (Lipinski definition) is 2. The number of H-pyrrole nitrogens is 2. The minimum Gasteiger partial charge on any atom is -0.495 e. The molecule has 0 atom stereocenters. The van der Waals surface area contributed by atoms with E-state index in [2.05, 4.69) is 30.0 Å². The van der Waals surface area contributed by atoms with Crippen molar-refractivity contribution in [2.45, 2.75) is 19.3 Å². The van der Waals surface area contributed by atoms with Crippen molar-refractivity contribution in [3.8, 4) is 28.5 Å². The molecule has 0 radical (unpaired) electrons. The summed E-state index contributed by atoms with van der Waals surface area (Å²) in [4.78, 5) is 24.2. The summed E-state index contributed by atoms with van der Waals surface area (Å²) < 4.78 is 5.30. The maximum Gasteiger partial charge on any atom is 0.162 e. The van der Waals surface area contributed by atoms with Gasteiger partial charge in [0.25, 0.3) is 0 Å². The number of fused-ring (bicyclic) bond motifs is 2. The van der Waals surface area contributed by atoms with Crippen LogP contribution in [-0.2, 0) is 0 Å². The van der Waals surface area contributed by atoms with Crippen LogP contribution in [0.25, 0.3) is 45.0 Å². The van der Waals surface area contributed by atoms with Gasteiger partial charge in [-0.2, -0.15) is 5.10 Å². The molecule has 0 amide bonds. The second-order valence-corrected chi connectivity index (χ2v) is 7.94. The number of ether oxygens (including phenoxy) is 1. The molecule has 0 aliphatic carbocycles. The van der Waals surface area contributed by atoms with E-state index in [1.807, 2.05) is 30.5 Å². The first-order valence-corrected chi connectivity index (χ1v) is 10.7. The van der Waals surface area contributed by atoms with Gasteiger partial charge in [0.2, 0.25) is 0 Å². The van der Waals surface area contributed by atoms with Gasteiger partial charge in [-0.05, 0) is 43.5 Å². The lowest BCUT2D eigenvalue weighted by atomic mass is 10.1. The molecule has 5 aromatic rings. The zero-order valence-electron chi connectivity index (χ0n) is 17.7. The number of hydrogen-bond acceptors (Lipinski definition) is 7. The Morgan fingerprint density at radius 3 is 2.78 bits per heavy atom. The molecule has 0 aromatic carbocycles. The summed E-state index contributed by atoms with van der Waals surface area (Å²) in [5.41, 5.74) is 6.65. The van der Waals surface area contributed by atoms with Crippen LogP contribution < -0.4 is 9.64 Å². The fourth-order valence-corrected chi connectivity index (χ4v) is 4.29. The Balaban J connectivity index is 1.45. The lowest BCUT2D eigenvalue weighted by molar-refractivity contribution is 0.413. The zero-order chi connectivity index (χ0) is 21.5. The van der Waals surface area contributed by atoms with E-state index in [1.54, 1.807) is 19.5 Å². The van der Waals surface area contributed by atoms with Gasteiger partial charge in [0.15, 0.2) is 17.2 Å². The number of nitrogens with one attached hydrogen (secondary N) is 2.